The highest BCUT2D eigenvalue weighted by Crippen LogP contribution is 2.28. The molecule has 0 spiro atoms. The minimum atomic E-state index is 0.443. The number of rotatable bonds is 12. The van der Waals surface area contributed by atoms with Crippen molar-refractivity contribution < 1.29 is 0 Å². The van der Waals surface area contributed by atoms with Crippen molar-refractivity contribution >= 4 is 11.5 Å². The number of benzene rings is 5. The highest BCUT2D eigenvalue weighted by Gasteiger charge is 2.16. The van der Waals surface area contributed by atoms with Crippen LogP contribution in [-0.2, 0) is 25.7 Å². The van der Waals surface area contributed by atoms with Crippen molar-refractivity contribution in [3.8, 4) is 17.1 Å². The summed E-state index contributed by atoms with van der Waals surface area (Å²) in [7, 11) is 0. The zero-order valence-corrected chi connectivity index (χ0v) is 29.7. The number of aryl methyl sites for hydroxylation is 8. The lowest BCUT2D eigenvalue weighted by atomic mass is 9.98. The van der Waals surface area contributed by atoms with E-state index in [9.17, 15) is 0 Å². The molecule has 1 aromatic heterocycles. The average molecular weight is 655 g/mol. The molecule has 1 heterocycles. The summed E-state index contributed by atoms with van der Waals surface area (Å²) >= 11 is 0. The van der Waals surface area contributed by atoms with Crippen molar-refractivity contribution in [1.29, 1.82) is 5.41 Å². The van der Waals surface area contributed by atoms with E-state index >= 15 is 0 Å². The van der Waals surface area contributed by atoms with Crippen LogP contribution >= 0.6 is 0 Å². The van der Waals surface area contributed by atoms with Gasteiger partial charge in [0, 0.05) is 29.7 Å². The quantitative estimate of drug-likeness (QED) is 0.0811. The number of hydrogen-bond donors (Lipinski definition) is 1. The SMILES string of the molecule is C=C/C=C\N(C(=N)c1ccc(CCc2cccc(CCc3ccc(-c4nccn4-c4c(C)cccc4C)cc3)c2)cc1)c1c(C)cccc1C. The highest BCUT2D eigenvalue weighted by atomic mass is 15.2. The van der Waals surface area contributed by atoms with Gasteiger partial charge < -0.3 is 4.90 Å². The smallest absolute Gasteiger partial charge is 0.144 e. The third-order valence-electron chi connectivity index (χ3n) is 9.45. The Morgan fingerprint density at radius 3 is 1.78 bits per heavy atom. The third kappa shape index (κ3) is 7.76. The monoisotopic (exact) mass is 654 g/mol. The predicted octanol–water partition coefficient (Wildman–Crippen LogP) is 10.9. The largest absolute Gasteiger partial charge is 0.301 e. The van der Waals surface area contributed by atoms with Crippen LogP contribution in [0.5, 0.6) is 0 Å². The second-order valence-corrected chi connectivity index (χ2v) is 13.1. The Hall–Kier alpha value is -5.74. The van der Waals surface area contributed by atoms with Crippen molar-refractivity contribution in [3.05, 3.63) is 197 Å². The Bertz CT molecular complexity index is 2090. The first-order valence-electron chi connectivity index (χ1n) is 17.4. The number of anilines is 1. The number of amidine groups is 1. The van der Waals surface area contributed by atoms with Crippen LogP contribution in [0, 0.1) is 33.1 Å². The summed E-state index contributed by atoms with van der Waals surface area (Å²) in [6, 6.07) is 39.0. The average Bonchev–Trinajstić information content (AvgIpc) is 3.61. The summed E-state index contributed by atoms with van der Waals surface area (Å²) < 4.78 is 2.20. The van der Waals surface area contributed by atoms with Crippen LogP contribution in [0.25, 0.3) is 17.1 Å². The predicted molar refractivity (Wildman–Crippen MR) is 211 cm³/mol. The van der Waals surface area contributed by atoms with E-state index in [1.165, 1.54) is 39.1 Å². The van der Waals surface area contributed by atoms with Gasteiger partial charge in [-0.3, -0.25) is 9.98 Å². The molecule has 0 atom stereocenters. The van der Waals surface area contributed by atoms with Crippen LogP contribution in [0.1, 0.15) is 50.1 Å². The second-order valence-electron chi connectivity index (χ2n) is 13.1. The van der Waals surface area contributed by atoms with E-state index in [-0.39, 0.29) is 0 Å². The minimum absolute atomic E-state index is 0.443. The van der Waals surface area contributed by atoms with Crippen LogP contribution in [0.15, 0.2) is 147 Å². The lowest BCUT2D eigenvalue weighted by molar-refractivity contribution is 0.930. The van der Waals surface area contributed by atoms with Crippen LogP contribution in [-0.4, -0.2) is 15.4 Å². The summed E-state index contributed by atoms with van der Waals surface area (Å²) in [4.78, 5) is 6.66. The molecule has 5 aromatic carbocycles. The number of nitrogens with one attached hydrogen (secondary N) is 1. The van der Waals surface area contributed by atoms with Gasteiger partial charge in [0.2, 0.25) is 0 Å². The van der Waals surface area contributed by atoms with Gasteiger partial charge in [-0.15, -0.1) is 0 Å². The van der Waals surface area contributed by atoms with E-state index in [1.807, 2.05) is 23.4 Å². The zero-order chi connectivity index (χ0) is 35.0. The first-order chi connectivity index (χ1) is 24.3. The molecule has 4 nitrogen and oxygen atoms in total. The zero-order valence-electron chi connectivity index (χ0n) is 29.7. The van der Waals surface area contributed by atoms with Gasteiger partial charge in [-0.2, -0.15) is 0 Å². The minimum Gasteiger partial charge on any atom is -0.301 e. The molecule has 1 N–H and O–H groups in total. The normalized spacial score (nSPS) is 11.2. The van der Waals surface area contributed by atoms with Gasteiger partial charge in [0.15, 0.2) is 0 Å². The van der Waals surface area contributed by atoms with E-state index in [0.717, 1.165) is 59.4 Å². The van der Waals surface area contributed by atoms with E-state index in [1.54, 1.807) is 6.08 Å². The van der Waals surface area contributed by atoms with Gasteiger partial charge in [0.1, 0.15) is 11.7 Å². The van der Waals surface area contributed by atoms with E-state index in [4.69, 9.17) is 10.4 Å². The van der Waals surface area contributed by atoms with Crippen molar-refractivity contribution in [2.24, 2.45) is 0 Å². The second kappa shape index (κ2) is 15.7. The maximum absolute atomic E-state index is 9.06. The Morgan fingerprint density at radius 2 is 1.20 bits per heavy atom. The highest BCUT2D eigenvalue weighted by molar-refractivity contribution is 6.09. The molecular weight excluding hydrogens is 609 g/mol. The molecular formula is C46H46N4. The molecule has 6 aromatic rings. The summed E-state index contributed by atoms with van der Waals surface area (Å²) in [5, 5.41) is 9.06. The molecule has 0 saturated heterocycles. The standard InChI is InChI=1S/C46H46N4/c1-6-7-30-49(43-33(2)11-8-12-34(43)3)45(47)41-25-21-37(22-26-41)17-19-39-15-10-16-40(32-39)20-18-38-23-27-42(28-24-38)46-48-29-31-50(46)44-35(4)13-9-14-36(44)5/h6-16,21-32,47H,1,17-20H2,2-5H3/b30-7-,47-45?. The summed E-state index contributed by atoms with van der Waals surface area (Å²) in [5.74, 6) is 1.41. The molecule has 4 heteroatoms. The van der Waals surface area contributed by atoms with E-state index in [2.05, 4.69) is 154 Å². The molecule has 0 saturated carbocycles. The van der Waals surface area contributed by atoms with Crippen LogP contribution < -0.4 is 4.90 Å². The van der Waals surface area contributed by atoms with Gasteiger partial charge in [-0.05, 0) is 104 Å². The molecule has 0 unspecified atom stereocenters. The fraction of sp³-hybridized carbons (Fsp3) is 0.174. The maximum Gasteiger partial charge on any atom is 0.144 e. The van der Waals surface area contributed by atoms with E-state index < -0.39 is 0 Å². The Kier molecular flexibility index (Phi) is 10.7. The van der Waals surface area contributed by atoms with Crippen LogP contribution in [0.2, 0.25) is 0 Å². The summed E-state index contributed by atoms with van der Waals surface area (Å²) in [6.45, 7) is 12.3. The fourth-order valence-corrected chi connectivity index (χ4v) is 6.78. The number of para-hydroxylation sites is 2. The van der Waals surface area contributed by atoms with Gasteiger partial charge in [-0.25, -0.2) is 4.98 Å². The fourth-order valence-electron chi connectivity index (χ4n) is 6.78. The number of nitrogens with zero attached hydrogens (tertiary/aromatic N) is 3. The molecule has 6 rings (SSSR count). The molecule has 0 radical (unpaired) electrons. The third-order valence-corrected chi connectivity index (χ3v) is 9.45. The number of aromatic nitrogens is 2. The maximum atomic E-state index is 9.06. The van der Waals surface area contributed by atoms with Gasteiger partial charge in [0.25, 0.3) is 0 Å². The number of imidazole rings is 1. The number of hydrogen-bond acceptors (Lipinski definition) is 2. The molecule has 250 valence electrons. The van der Waals surface area contributed by atoms with Crippen molar-refractivity contribution in [1.82, 2.24) is 9.55 Å². The first kappa shape index (κ1) is 34.1. The summed E-state index contributed by atoms with van der Waals surface area (Å²) in [6.07, 6.45) is 13.4. The number of allylic oxidation sites excluding steroid dienone is 2. The topological polar surface area (TPSA) is 44.9 Å². The van der Waals surface area contributed by atoms with Gasteiger partial charge in [-0.1, -0.05) is 122 Å². The molecule has 50 heavy (non-hydrogen) atoms. The first-order valence-corrected chi connectivity index (χ1v) is 17.4. The Balaban J connectivity index is 1.06. The molecule has 0 aliphatic rings. The molecule has 0 aliphatic carbocycles. The molecule has 0 fully saturated rings. The van der Waals surface area contributed by atoms with Gasteiger partial charge in [0.05, 0.1) is 11.4 Å². The summed E-state index contributed by atoms with van der Waals surface area (Å²) in [5.41, 5.74) is 14.3. The van der Waals surface area contributed by atoms with Crippen molar-refractivity contribution in [2.45, 2.75) is 53.4 Å². The lowest BCUT2D eigenvalue weighted by Gasteiger charge is -2.25. The molecule has 0 aliphatic heterocycles. The Morgan fingerprint density at radius 1 is 0.680 bits per heavy atom. The Labute approximate surface area is 297 Å². The van der Waals surface area contributed by atoms with Crippen LogP contribution in [0.3, 0.4) is 0 Å². The van der Waals surface area contributed by atoms with E-state index in [0.29, 0.717) is 5.84 Å². The van der Waals surface area contributed by atoms with Crippen molar-refractivity contribution in [2.75, 3.05) is 4.90 Å². The molecule has 0 bridgehead atoms. The molecule has 0 amide bonds. The van der Waals surface area contributed by atoms with Crippen molar-refractivity contribution in [3.63, 3.8) is 0 Å². The lowest BCUT2D eigenvalue weighted by Crippen LogP contribution is -2.26. The van der Waals surface area contributed by atoms with Gasteiger partial charge >= 0.3 is 0 Å². The van der Waals surface area contributed by atoms with Crippen LogP contribution in [0.4, 0.5) is 5.69 Å².